The summed E-state index contributed by atoms with van der Waals surface area (Å²) in [5.74, 6) is -0.385. The van der Waals surface area contributed by atoms with Gasteiger partial charge in [0, 0.05) is 11.1 Å². The number of Topliss-reactive ketones (excluding diaryl/α,β-unsaturated/α-hetero) is 2. The van der Waals surface area contributed by atoms with E-state index in [9.17, 15) is 9.59 Å². The molecule has 1 aromatic rings. The Hall–Kier alpha value is -1.84. The number of carbonyl (C=O) groups is 2. The van der Waals surface area contributed by atoms with Crippen molar-refractivity contribution in [1.82, 2.24) is 0 Å². The number of nitrogen functional groups attached to an aromatic ring is 2. The topological polar surface area (TPSA) is 86.2 Å². The molecule has 0 saturated carbocycles. The minimum atomic E-state index is -0.193. The molecule has 0 atom stereocenters. The first-order chi connectivity index (χ1) is 6.43. The molecule has 0 aliphatic carbocycles. The summed E-state index contributed by atoms with van der Waals surface area (Å²) in [5, 5.41) is 0. The first-order valence-electron chi connectivity index (χ1n) is 4.14. The van der Waals surface area contributed by atoms with Crippen LogP contribution in [0.25, 0.3) is 0 Å². The van der Waals surface area contributed by atoms with Crippen molar-refractivity contribution < 1.29 is 9.59 Å². The Kier molecular flexibility index (Phi) is 2.56. The normalized spacial score (nSPS) is 9.86. The highest BCUT2D eigenvalue weighted by atomic mass is 16.1. The van der Waals surface area contributed by atoms with Crippen LogP contribution in [0.15, 0.2) is 12.1 Å². The predicted molar refractivity (Wildman–Crippen MR) is 55.3 cm³/mol. The van der Waals surface area contributed by atoms with Crippen molar-refractivity contribution in [1.29, 1.82) is 0 Å². The van der Waals surface area contributed by atoms with Crippen LogP contribution >= 0.6 is 0 Å². The van der Waals surface area contributed by atoms with Crippen molar-refractivity contribution >= 4 is 22.9 Å². The molecular formula is C10H12N2O2. The highest BCUT2D eigenvalue weighted by Gasteiger charge is 2.13. The maximum atomic E-state index is 11.2. The first-order valence-corrected chi connectivity index (χ1v) is 4.14. The summed E-state index contributed by atoms with van der Waals surface area (Å²) in [7, 11) is 0. The van der Waals surface area contributed by atoms with Crippen LogP contribution in [0.3, 0.4) is 0 Å². The summed E-state index contributed by atoms with van der Waals surface area (Å²) in [4.78, 5) is 22.4. The number of anilines is 2. The van der Waals surface area contributed by atoms with E-state index in [0.717, 1.165) is 0 Å². The van der Waals surface area contributed by atoms with Crippen molar-refractivity contribution in [2.24, 2.45) is 0 Å². The van der Waals surface area contributed by atoms with Gasteiger partial charge in [-0.2, -0.15) is 0 Å². The van der Waals surface area contributed by atoms with E-state index in [2.05, 4.69) is 0 Å². The zero-order chi connectivity index (χ0) is 10.9. The molecule has 0 amide bonds. The molecule has 0 aliphatic rings. The van der Waals surface area contributed by atoms with Gasteiger partial charge in [0.15, 0.2) is 11.6 Å². The molecule has 4 N–H and O–H groups in total. The SMILES string of the molecule is CC(=O)c1cc(N)c(N)cc1C(C)=O. The lowest BCUT2D eigenvalue weighted by atomic mass is 9.99. The number of carbonyl (C=O) groups excluding carboxylic acids is 2. The summed E-state index contributed by atoms with van der Waals surface area (Å²) in [6.45, 7) is 2.77. The molecule has 74 valence electrons. The minimum Gasteiger partial charge on any atom is -0.397 e. The van der Waals surface area contributed by atoms with Gasteiger partial charge in [0.25, 0.3) is 0 Å². The Labute approximate surface area is 81.9 Å². The quantitative estimate of drug-likeness (QED) is 0.545. The maximum Gasteiger partial charge on any atom is 0.160 e. The molecule has 0 spiro atoms. The van der Waals surface area contributed by atoms with E-state index in [1.54, 1.807) is 0 Å². The second-order valence-electron chi connectivity index (χ2n) is 3.14. The second-order valence-corrected chi connectivity index (χ2v) is 3.14. The Morgan fingerprint density at radius 2 is 1.21 bits per heavy atom. The van der Waals surface area contributed by atoms with Crippen LogP contribution in [-0.4, -0.2) is 11.6 Å². The Balaban J connectivity index is 3.46. The summed E-state index contributed by atoms with van der Waals surface area (Å²) in [6, 6.07) is 2.88. The summed E-state index contributed by atoms with van der Waals surface area (Å²) < 4.78 is 0. The molecule has 1 aromatic carbocycles. The van der Waals surface area contributed by atoms with Crippen molar-refractivity contribution in [3.63, 3.8) is 0 Å². The lowest BCUT2D eigenvalue weighted by Crippen LogP contribution is -2.07. The van der Waals surface area contributed by atoms with Gasteiger partial charge >= 0.3 is 0 Å². The molecule has 4 nitrogen and oxygen atoms in total. The molecule has 0 unspecified atom stereocenters. The third kappa shape index (κ3) is 1.74. The average Bonchev–Trinajstić information content (AvgIpc) is 2.08. The fourth-order valence-corrected chi connectivity index (χ4v) is 1.22. The molecular weight excluding hydrogens is 180 g/mol. The molecule has 0 aromatic heterocycles. The highest BCUT2D eigenvalue weighted by molar-refractivity contribution is 6.08. The van der Waals surface area contributed by atoms with Crippen molar-refractivity contribution in [3.8, 4) is 0 Å². The van der Waals surface area contributed by atoms with E-state index in [1.165, 1.54) is 26.0 Å². The van der Waals surface area contributed by atoms with Crippen LogP contribution in [-0.2, 0) is 0 Å². The van der Waals surface area contributed by atoms with Crippen LogP contribution in [0.5, 0.6) is 0 Å². The van der Waals surface area contributed by atoms with Crippen LogP contribution in [0.2, 0.25) is 0 Å². The number of benzene rings is 1. The third-order valence-corrected chi connectivity index (χ3v) is 1.98. The lowest BCUT2D eigenvalue weighted by molar-refractivity contribution is 0.0981. The van der Waals surface area contributed by atoms with Gasteiger partial charge < -0.3 is 11.5 Å². The molecule has 1 rings (SSSR count). The molecule has 14 heavy (non-hydrogen) atoms. The molecule has 0 heterocycles. The van der Waals surface area contributed by atoms with E-state index in [-0.39, 0.29) is 11.6 Å². The van der Waals surface area contributed by atoms with Gasteiger partial charge in [-0.05, 0) is 26.0 Å². The van der Waals surface area contributed by atoms with Crippen LogP contribution in [0.1, 0.15) is 34.6 Å². The smallest absolute Gasteiger partial charge is 0.160 e. The van der Waals surface area contributed by atoms with E-state index in [0.29, 0.717) is 22.5 Å². The number of nitrogens with two attached hydrogens (primary N) is 2. The standard InChI is InChI=1S/C10H12N2O2/c1-5(13)7-3-9(11)10(12)4-8(7)6(2)14/h3-4H,11-12H2,1-2H3. The van der Waals surface area contributed by atoms with E-state index in [4.69, 9.17) is 11.5 Å². The zero-order valence-electron chi connectivity index (χ0n) is 8.13. The minimum absolute atomic E-state index is 0.193. The highest BCUT2D eigenvalue weighted by Crippen LogP contribution is 2.21. The number of rotatable bonds is 2. The third-order valence-electron chi connectivity index (χ3n) is 1.98. The van der Waals surface area contributed by atoms with Gasteiger partial charge in [-0.1, -0.05) is 0 Å². The lowest BCUT2D eigenvalue weighted by Gasteiger charge is -2.07. The Morgan fingerprint density at radius 3 is 1.43 bits per heavy atom. The molecule has 0 aliphatic heterocycles. The monoisotopic (exact) mass is 192 g/mol. The van der Waals surface area contributed by atoms with Crippen LogP contribution in [0.4, 0.5) is 11.4 Å². The van der Waals surface area contributed by atoms with E-state index in [1.807, 2.05) is 0 Å². The zero-order valence-corrected chi connectivity index (χ0v) is 8.13. The van der Waals surface area contributed by atoms with Gasteiger partial charge in [0.1, 0.15) is 0 Å². The average molecular weight is 192 g/mol. The molecule has 0 saturated heterocycles. The van der Waals surface area contributed by atoms with Gasteiger partial charge in [0.2, 0.25) is 0 Å². The molecule has 0 bridgehead atoms. The Bertz CT molecular complexity index is 372. The largest absolute Gasteiger partial charge is 0.397 e. The van der Waals surface area contributed by atoms with Crippen LogP contribution in [0, 0.1) is 0 Å². The van der Waals surface area contributed by atoms with Crippen molar-refractivity contribution in [2.45, 2.75) is 13.8 Å². The molecule has 0 fully saturated rings. The van der Waals surface area contributed by atoms with Crippen LogP contribution < -0.4 is 11.5 Å². The van der Waals surface area contributed by atoms with Gasteiger partial charge in [-0.25, -0.2) is 0 Å². The number of hydrogen-bond donors (Lipinski definition) is 2. The second kappa shape index (κ2) is 3.49. The maximum absolute atomic E-state index is 11.2. The van der Waals surface area contributed by atoms with Gasteiger partial charge in [0.05, 0.1) is 11.4 Å². The first kappa shape index (κ1) is 10.2. The van der Waals surface area contributed by atoms with Crippen molar-refractivity contribution in [2.75, 3.05) is 11.5 Å². The van der Waals surface area contributed by atoms with Gasteiger partial charge in [-0.15, -0.1) is 0 Å². The van der Waals surface area contributed by atoms with E-state index < -0.39 is 0 Å². The van der Waals surface area contributed by atoms with Gasteiger partial charge in [-0.3, -0.25) is 9.59 Å². The van der Waals surface area contributed by atoms with Crippen molar-refractivity contribution in [3.05, 3.63) is 23.3 Å². The summed E-state index contributed by atoms with van der Waals surface area (Å²) >= 11 is 0. The summed E-state index contributed by atoms with van der Waals surface area (Å²) in [5.41, 5.74) is 12.4. The summed E-state index contributed by atoms with van der Waals surface area (Å²) in [6.07, 6.45) is 0. The fourth-order valence-electron chi connectivity index (χ4n) is 1.22. The molecule has 4 heteroatoms. The molecule has 0 radical (unpaired) electrons. The number of ketones is 2. The predicted octanol–water partition coefficient (Wildman–Crippen LogP) is 1.26. The van der Waals surface area contributed by atoms with E-state index >= 15 is 0 Å². The Morgan fingerprint density at radius 1 is 0.929 bits per heavy atom. The fraction of sp³-hybridized carbons (Fsp3) is 0.200. The number of hydrogen-bond acceptors (Lipinski definition) is 4.